The fourth-order valence-corrected chi connectivity index (χ4v) is 0.765. The minimum atomic E-state index is -0.449. The molecular weight excluding hydrogens is 234 g/mol. The van der Waals surface area contributed by atoms with Crippen LogP contribution in [0.15, 0.2) is 18.2 Å². The first kappa shape index (κ1) is 10.7. The van der Waals surface area contributed by atoms with Crippen molar-refractivity contribution in [1.82, 2.24) is 0 Å². The van der Waals surface area contributed by atoms with Gasteiger partial charge in [0, 0.05) is 5.02 Å². The summed E-state index contributed by atoms with van der Waals surface area (Å²) < 4.78 is 12.6. The smallest absolute Gasteiger partial charge is 0.149 e. The number of nitrogen functional groups attached to an aromatic ring is 1. The molecule has 62 valence electrons. The Balaban J connectivity index is 0.000001000. The van der Waals surface area contributed by atoms with Crippen molar-refractivity contribution >= 4 is 34.3 Å². The van der Waals surface area contributed by atoms with E-state index in [0.717, 1.165) is 0 Å². The van der Waals surface area contributed by atoms with E-state index in [9.17, 15) is 4.39 Å². The van der Waals surface area contributed by atoms with E-state index in [-0.39, 0.29) is 22.7 Å². The highest BCUT2D eigenvalue weighted by Crippen LogP contribution is 2.17. The lowest BCUT2D eigenvalue weighted by molar-refractivity contribution is 0.631. The van der Waals surface area contributed by atoms with Crippen LogP contribution in [-0.4, -0.2) is 0 Å². The molecule has 1 rings (SSSR count). The largest absolute Gasteiger partial charge is 0.321 e. The molecule has 0 aliphatic carbocycles. The third kappa shape index (κ3) is 2.65. The molecule has 0 bridgehead atoms. The van der Waals surface area contributed by atoms with E-state index in [1.807, 2.05) is 0 Å². The number of hydrogen-bond donors (Lipinski definition) is 2. The zero-order valence-corrected chi connectivity index (χ0v) is 7.94. The first-order chi connectivity index (χ1) is 4.74. The van der Waals surface area contributed by atoms with Crippen LogP contribution in [0.2, 0.25) is 5.02 Å². The van der Waals surface area contributed by atoms with Gasteiger partial charge in [0.1, 0.15) is 5.82 Å². The standard InChI is InChI=1S/C6H6ClFN2.BrH/c7-4-1-2-6(10-9)5(8)3-4;/h1-3,10H,9H2;1H. The summed E-state index contributed by atoms with van der Waals surface area (Å²) >= 11 is 5.47. The van der Waals surface area contributed by atoms with Crippen LogP contribution >= 0.6 is 28.6 Å². The second-order valence-electron chi connectivity index (χ2n) is 1.77. The number of rotatable bonds is 1. The van der Waals surface area contributed by atoms with E-state index in [2.05, 4.69) is 5.43 Å². The van der Waals surface area contributed by atoms with Gasteiger partial charge in [-0.3, -0.25) is 5.84 Å². The SMILES string of the molecule is Br.NNc1ccc(Cl)cc1F. The Bertz CT molecular complexity index is 244. The number of anilines is 1. The molecule has 0 heterocycles. The molecular formula is C6H7BrClFN2. The van der Waals surface area contributed by atoms with E-state index >= 15 is 0 Å². The van der Waals surface area contributed by atoms with Crippen LogP contribution < -0.4 is 11.3 Å². The Kier molecular flexibility index (Phi) is 4.40. The molecule has 0 spiro atoms. The van der Waals surface area contributed by atoms with Crippen molar-refractivity contribution in [3.05, 3.63) is 29.0 Å². The quantitative estimate of drug-likeness (QED) is 0.585. The van der Waals surface area contributed by atoms with Crippen LogP contribution in [0.5, 0.6) is 0 Å². The highest BCUT2D eigenvalue weighted by atomic mass is 79.9. The normalized spacial score (nSPS) is 8.64. The fourth-order valence-electron chi connectivity index (χ4n) is 0.607. The van der Waals surface area contributed by atoms with Crippen LogP contribution in [0.4, 0.5) is 10.1 Å². The Morgan fingerprint density at radius 2 is 2.09 bits per heavy atom. The molecule has 0 radical (unpaired) electrons. The number of hydrazine groups is 1. The van der Waals surface area contributed by atoms with Gasteiger partial charge in [-0.15, -0.1) is 17.0 Å². The van der Waals surface area contributed by atoms with Crippen LogP contribution in [0.1, 0.15) is 0 Å². The predicted molar refractivity (Wildman–Crippen MR) is 49.5 cm³/mol. The summed E-state index contributed by atoms with van der Waals surface area (Å²) in [5.41, 5.74) is 2.43. The van der Waals surface area contributed by atoms with E-state index in [4.69, 9.17) is 17.4 Å². The summed E-state index contributed by atoms with van der Waals surface area (Å²) in [7, 11) is 0. The maximum atomic E-state index is 12.6. The van der Waals surface area contributed by atoms with Crippen molar-refractivity contribution in [2.75, 3.05) is 5.43 Å². The summed E-state index contributed by atoms with van der Waals surface area (Å²) in [6, 6.07) is 4.22. The van der Waals surface area contributed by atoms with Gasteiger partial charge in [-0.25, -0.2) is 4.39 Å². The van der Waals surface area contributed by atoms with Crippen molar-refractivity contribution in [3.8, 4) is 0 Å². The number of nitrogens with one attached hydrogen (secondary N) is 1. The first-order valence-corrected chi connectivity index (χ1v) is 3.03. The van der Waals surface area contributed by atoms with Gasteiger partial charge in [0.25, 0.3) is 0 Å². The van der Waals surface area contributed by atoms with Crippen molar-refractivity contribution in [3.63, 3.8) is 0 Å². The Morgan fingerprint density at radius 1 is 1.45 bits per heavy atom. The number of nitrogens with two attached hydrogens (primary N) is 1. The Labute approximate surface area is 79.3 Å². The second-order valence-corrected chi connectivity index (χ2v) is 2.20. The highest BCUT2D eigenvalue weighted by molar-refractivity contribution is 8.93. The molecule has 0 aliphatic heterocycles. The fraction of sp³-hybridized carbons (Fsp3) is 0. The van der Waals surface area contributed by atoms with Gasteiger partial charge in [-0.1, -0.05) is 11.6 Å². The molecule has 0 saturated heterocycles. The molecule has 5 heteroatoms. The van der Waals surface area contributed by atoms with E-state index in [1.54, 1.807) is 6.07 Å². The van der Waals surface area contributed by atoms with Gasteiger partial charge in [-0.05, 0) is 18.2 Å². The van der Waals surface area contributed by atoms with Gasteiger partial charge >= 0.3 is 0 Å². The molecule has 0 atom stereocenters. The molecule has 11 heavy (non-hydrogen) atoms. The maximum Gasteiger partial charge on any atom is 0.149 e. The van der Waals surface area contributed by atoms with Gasteiger partial charge in [0.15, 0.2) is 0 Å². The van der Waals surface area contributed by atoms with Crippen molar-refractivity contribution in [2.24, 2.45) is 5.84 Å². The molecule has 0 aromatic heterocycles. The average molecular weight is 241 g/mol. The minimum absolute atomic E-state index is 0. The lowest BCUT2D eigenvalue weighted by Gasteiger charge is -1.99. The van der Waals surface area contributed by atoms with Gasteiger partial charge in [0.2, 0.25) is 0 Å². The lowest BCUT2D eigenvalue weighted by atomic mass is 10.3. The number of benzene rings is 1. The predicted octanol–water partition coefficient (Wildman–Crippen LogP) is 2.34. The van der Waals surface area contributed by atoms with E-state index < -0.39 is 5.82 Å². The zero-order valence-electron chi connectivity index (χ0n) is 5.47. The molecule has 0 saturated carbocycles. The van der Waals surface area contributed by atoms with Crippen LogP contribution in [0.3, 0.4) is 0 Å². The van der Waals surface area contributed by atoms with Gasteiger partial charge < -0.3 is 5.43 Å². The highest BCUT2D eigenvalue weighted by Gasteiger charge is 1.98. The summed E-state index contributed by atoms with van der Waals surface area (Å²) in [6.07, 6.45) is 0. The monoisotopic (exact) mass is 240 g/mol. The van der Waals surface area contributed by atoms with E-state index in [0.29, 0.717) is 5.02 Å². The molecule has 0 amide bonds. The summed E-state index contributed by atoms with van der Waals surface area (Å²) in [5.74, 6) is 4.52. The van der Waals surface area contributed by atoms with Crippen LogP contribution in [0, 0.1) is 5.82 Å². The van der Waals surface area contributed by atoms with E-state index in [1.165, 1.54) is 12.1 Å². The third-order valence-electron chi connectivity index (χ3n) is 1.09. The summed E-state index contributed by atoms with van der Waals surface area (Å²) in [5, 5.41) is 0.358. The Morgan fingerprint density at radius 3 is 2.55 bits per heavy atom. The number of halogens is 3. The second kappa shape index (κ2) is 4.54. The summed E-state index contributed by atoms with van der Waals surface area (Å²) in [6.45, 7) is 0. The zero-order chi connectivity index (χ0) is 7.56. The van der Waals surface area contributed by atoms with Crippen LogP contribution in [0.25, 0.3) is 0 Å². The maximum absolute atomic E-state index is 12.6. The van der Waals surface area contributed by atoms with Crippen molar-refractivity contribution in [2.45, 2.75) is 0 Å². The summed E-state index contributed by atoms with van der Waals surface area (Å²) in [4.78, 5) is 0. The average Bonchev–Trinajstić information content (AvgIpc) is 1.88. The number of hydrogen-bond acceptors (Lipinski definition) is 2. The molecule has 2 nitrogen and oxygen atoms in total. The third-order valence-corrected chi connectivity index (χ3v) is 1.32. The molecule has 0 unspecified atom stereocenters. The first-order valence-electron chi connectivity index (χ1n) is 2.65. The minimum Gasteiger partial charge on any atom is -0.321 e. The molecule has 0 aliphatic rings. The van der Waals surface area contributed by atoms with Gasteiger partial charge in [-0.2, -0.15) is 0 Å². The van der Waals surface area contributed by atoms with Gasteiger partial charge in [0.05, 0.1) is 5.69 Å². The van der Waals surface area contributed by atoms with Crippen molar-refractivity contribution in [1.29, 1.82) is 0 Å². The molecule has 1 aromatic carbocycles. The molecule has 3 N–H and O–H groups in total. The molecule has 1 aromatic rings. The lowest BCUT2D eigenvalue weighted by Crippen LogP contribution is -2.08. The van der Waals surface area contributed by atoms with Crippen molar-refractivity contribution < 1.29 is 4.39 Å². The Hall–Kier alpha value is -0.320. The topological polar surface area (TPSA) is 38.0 Å². The van der Waals surface area contributed by atoms with Crippen LogP contribution in [-0.2, 0) is 0 Å². The molecule has 0 fully saturated rings.